The summed E-state index contributed by atoms with van der Waals surface area (Å²) in [6.07, 6.45) is 5.25. The van der Waals surface area contributed by atoms with E-state index in [1.807, 2.05) is 36.4 Å². The number of pyridine rings is 1. The van der Waals surface area contributed by atoms with Crippen molar-refractivity contribution in [2.24, 2.45) is 4.99 Å². The summed E-state index contributed by atoms with van der Waals surface area (Å²) in [4.78, 5) is 8.55. The summed E-state index contributed by atoms with van der Waals surface area (Å²) < 4.78 is 17.1. The zero-order valence-corrected chi connectivity index (χ0v) is 20.4. The van der Waals surface area contributed by atoms with Crippen LogP contribution >= 0.6 is 24.0 Å². The van der Waals surface area contributed by atoms with Crippen LogP contribution in [-0.2, 0) is 22.6 Å². The molecule has 8 heteroatoms. The second-order valence-corrected chi connectivity index (χ2v) is 7.17. The Hall–Kier alpha value is -1.91. The summed E-state index contributed by atoms with van der Waals surface area (Å²) >= 11 is 0. The van der Waals surface area contributed by atoms with Crippen molar-refractivity contribution in [2.45, 2.75) is 38.5 Å². The van der Waals surface area contributed by atoms with Gasteiger partial charge in [-0.3, -0.25) is 9.98 Å². The average Bonchev–Trinajstić information content (AvgIpc) is 3.31. The molecular formula is C23H33IN4O3. The molecule has 0 amide bonds. The van der Waals surface area contributed by atoms with Crippen molar-refractivity contribution in [2.75, 3.05) is 33.4 Å². The molecule has 170 valence electrons. The minimum atomic E-state index is 0. The van der Waals surface area contributed by atoms with Crippen LogP contribution in [-0.4, -0.2) is 50.5 Å². The van der Waals surface area contributed by atoms with Gasteiger partial charge in [-0.25, -0.2) is 0 Å². The first-order valence-electron chi connectivity index (χ1n) is 10.6. The van der Waals surface area contributed by atoms with Gasteiger partial charge < -0.3 is 24.8 Å². The minimum Gasteiger partial charge on any atom is -0.487 e. The van der Waals surface area contributed by atoms with Crippen molar-refractivity contribution in [1.29, 1.82) is 0 Å². The van der Waals surface area contributed by atoms with Gasteiger partial charge in [-0.2, -0.15) is 0 Å². The fourth-order valence-corrected chi connectivity index (χ4v) is 3.16. The number of rotatable bonds is 11. The molecule has 0 spiro atoms. The monoisotopic (exact) mass is 540 g/mol. The fourth-order valence-electron chi connectivity index (χ4n) is 3.16. The van der Waals surface area contributed by atoms with Crippen LogP contribution in [0.25, 0.3) is 0 Å². The molecule has 0 radical (unpaired) electrons. The fraction of sp³-hybridized carbons (Fsp3) is 0.478. The van der Waals surface area contributed by atoms with Crippen molar-refractivity contribution in [3.63, 3.8) is 0 Å². The number of ether oxygens (including phenoxy) is 3. The number of halogens is 1. The van der Waals surface area contributed by atoms with Gasteiger partial charge in [0.1, 0.15) is 12.4 Å². The number of hydrogen-bond acceptors (Lipinski definition) is 5. The Morgan fingerprint density at radius 3 is 2.94 bits per heavy atom. The van der Waals surface area contributed by atoms with Gasteiger partial charge in [0.2, 0.25) is 0 Å². The van der Waals surface area contributed by atoms with Crippen molar-refractivity contribution < 1.29 is 14.2 Å². The van der Waals surface area contributed by atoms with Gasteiger partial charge >= 0.3 is 0 Å². The first-order chi connectivity index (χ1) is 14.8. The predicted molar refractivity (Wildman–Crippen MR) is 133 cm³/mol. The van der Waals surface area contributed by atoms with Crippen molar-refractivity contribution in [1.82, 2.24) is 15.6 Å². The van der Waals surface area contributed by atoms with E-state index in [-0.39, 0.29) is 30.1 Å². The van der Waals surface area contributed by atoms with Gasteiger partial charge in [-0.05, 0) is 49.1 Å². The molecule has 1 aromatic carbocycles. The lowest BCUT2D eigenvalue weighted by atomic mass is 10.2. The van der Waals surface area contributed by atoms with E-state index in [2.05, 4.69) is 26.7 Å². The number of hydrogen-bond donors (Lipinski definition) is 2. The number of aliphatic imine (C=N–C) groups is 1. The number of nitrogens with zero attached hydrogens (tertiary/aromatic N) is 2. The van der Waals surface area contributed by atoms with Crippen LogP contribution < -0.4 is 15.4 Å². The lowest BCUT2D eigenvalue weighted by Gasteiger charge is -2.13. The van der Waals surface area contributed by atoms with E-state index in [1.165, 1.54) is 0 Å². The number of guanidine groups is 1. The molecule has 0 aliphatic carbocycles. The summed E-state index contributed by atoms with van der Waals surface area (Å²) in [6.45, 7) is 4.21. The van der Waals surface area contributed by atoms with E-state index in [0.29, 0.717) is 19.8 Å². The number of aromatic nitrogens is 1. The molecule has 7 nitrogen and oxygen atoms in total. The normalized spacial score (nSPS) is 15.9. The molecule has 2 N–H and O–H groups in total. The maximum Gasteiger partial charge on any atom is 0.191 e. The number of benzene rings is 1. The van der Waals surface area contributed by atoms with E-state index in [1.54, 1.807) is 13.2 Å². The summed E-state index contributed by atoms with van der Waals surface area (Å²) in [6, 6.07) is 13.8. The largest absolute Gasteiger partial charge is 0.487 e. The first-order valence-corrected chi connectivity index (χ1v) is 10.6. The van der Waals surface area contributed by atoms with Gasteiger partial charge in [-0.15, -0.1) is 24.0 Å². The molecule has 1 aliphatic rings. The van der Waals surface area contributed by atoms with E-state index in [9.17, 15) is 0 Å². The topological polar surface area (TPSA) is 77.0 Å². The lowest BCUT2D eigenvalue weighted by molar-refractivity contribution is 0.0168. The Morgan fingerprint density at radius 2 is 2.16 bits per heavy atom. The Bertz CT molecular complexity index is 770. The Balaban J connectivity index is 0.00000341. The quantitative estimate of drug-likeness (QED) is 0.197. The van der Waals surface area contributed by atoms with Crippen LogP contribution in [0.1, 0.15) is 30.5 Å². The third-order valence-electron chi connectivity index (χ3n) is 4.78. The highest BCUT2D eigenvalue weighted by molar-refractivity contribution is 14.0. The lowest BCUT2D eigenvalue weighted by Crippen LogP contribution is -2.37. The summed E-state index contributed by atoms with van der Waals surface area (Å²) in [7, 11) is 1.77. The summed E-state index contributed by atoms with van der Waals surface area (Å²) in [5.74, 6) is 1.60. The van der Waals surface area contributed by atoms with E-state index in [4.69, 9.17) is 14.2 Å². The zero-order chi connectivity index (χ0) is 20.9. The number of nitrogens with one attached hydrogen (secondary N) is 2. The second-order valence-electron chi connectivity index (χ2n) is 7.17. The van der Waals surface area contributed by atoms with Crippen molar-refractivity contribution in [3.8, 4) is 5.75 Å². The second kappa shape index (κ2) is 15.0. The van der Waals surface area contributed by atoms with Crippen molar-refractivity contribution in [3.05, 3.63) is 59.9 Å². The first kappa shape index (κ1) is 25.4. The molecule has 3 rings (SSSR count). The van der Waals surface area contributed by atoms with Gasteiger partial charge in [0.25, 0.3) is 0 Å². The molecular weight excluding hydrogens is 507 g/mol. The van der Waals surface area contributed by atoms with Crippen LogP contribution in [0.2, 0.25) is 0 Å². The molecule has 2 aromatic rings. The van der Waals surface area contributed by atoms with Gasteiger partial charge in [0.05, 0.1) is 18.4 Å². The SMILES string of the molecule is CN=C(NCCCOCC1CCCO1)NCc1cccc(OCc2ccccn2)c1.I. The third kappa shape index (κ3) is 9.84. The standard InChI is InChI=1S/C23H32N4O3.HI/c1-24-23(26-12-6-13-28-18-22-10-5-14-29-22)27-16-19-7-4-9-21(15-19)30-17-20-8-2-3-11-25-20;/h2-4,7-9,11,15,22H,5-6,10,12-14,16-18H2,1H3,(H2,24,26,27);1H. The molecule has 0 saturated carbocycles. The molecule has 1 saturated heterocycles. The zero-order valence-electron chi connectivity index (χ0n) is 18.1. The average molecular weight is 540 g/mol. The van der Waals surface area contributed by atoms with Crippen LogP contribution in [0, 0.1) is 0 Å². The molecule has 0 bridgehead atoms. The Kier molecular flexibility index (Phi) is 12.3. The van der Waals surface area contributed by atoms with E-state index < -0.39 is 0 Å². The Morgan fingerprint density at radius 1 is 1.23 bits per heavy atom. The van der Waals surface area contributed by atoms with Gasteiger partial charge in [0.15, 0.2) is 5.96 Å². The molecule has 1 atom stereocenters. The van der Waals surface area contributed by atoms with Gasteiger partial charge in [-0.1, -0.05) is 18.2 Å². The molecule has 1 unspecified atom stereocenters. The van der Waals surface area contributed by atoms with Crippen LogP contribution in [0.4, 0.5) is 0 Å². The highest BCUT2D eigenvalue weighted by Crippen LogP contribution is 2.15. The molecule has 2 heterocycles. The molecule has 1 aliphatic heterocycles. The smallest absolute Gasteiger partial charge is 0.191 e. The van der Waals surface area contributed by atoms with Crippen LogP contribution in [0.15, 0.2) is 53.7 Å². The molecule has 1 fully saturated rings. The van der Waals surface area contributed by atoms with E-state index >= 15 is 0 Å². The highest BCUT2D eigenvalue weighted by Gasteiger charge is 2.14. The highest BCUT2D eigenvalue weighted by atomic mass is 127. The van der Waals surface area contributed by atoms with Crippen LogP contribution in [0.5, 0.6) is 5.75 Å². The predicted octanol–water partition coefficient (Wildman–Crippen LogP) is 3.53. The minimum absolute atomic E-state index is 0. The van der Waals surface area contributed by atoms with Crippen molar-refractivity contribution >= 4 is 29.9 Å². The maximum absolute atomic E-state index is 5.85. The maximum atomic E-state index is 5.85. The van der Waals surface area contributed by atoms with Gasteiger partial charge in [0, 0.05) is 39.5 Å². The molecule has 1 aromatic heterocycles. The Labute approximate surface area is 202 Å². The van der Waals surface area contributed by atoms with E-state index in [0.717, 1.165) is 62.0 Å². The third-order valence-corrected chi connectivity index (χ3v) is 4.78. The summed E-state index contributed by atoms with van der Waals surface area (Å²) in [5.41, 5.74) is 2.03. The van der Waals surface area contributed by atoms with Crippen LogP contribution in [0.3, 0.4) is 0 Å². The molecule has 31 heavy (non-hydrogen) atoms. The summed E-state index contributed by atoms with van der Waals surface area (Å²) in [5, 5.41) is 6.65.